The molecule has 0 aromatic rings. The van der Waals surface area contributed by atoms with E-state index in [1.165, 1.54) is 12.8 Å². The Labute approximate surface area is 76.9 Å². The predicted molar refractivity (Wildman–Crippen MR) is 54.2 cm³/mol. The second kappa shape index (κ2) is 3.37. The van der Waals surface area contributed by atoms with Crippen LogP contribution in [0.15, 0.2) is 0 Å². The van der Waals surface area contributed by atoms with Crippen LogP contribution in [-0.4, -0.2) is 12.1 Å². The quantitative estimate of drug-likeness (QED) is 0.588. The normalized spacial score (nSPS) is 38.2. The number of rotatable bonds is 0. The van der Waals surface area contributed by atoms with E-state index in [4.69, 9.17) is 0 Å². The molecule has 1 aliphatic heterocycles. The van der Waals surface area contributed by atoms with Crippen LogP contribution in [0.5, 0.6) is 0 Å². The molecule has 72 valence electrons. The van der Waals surface area contributed by atoms with Crippen LogP contribution in [0.4, 0.5) is 0 Å². The summed E-state index contributed by atoms with van der Waals surface area (Å²) in [7, 11) is 0. The van der Waals surface area contributed by atoms with Gasteiger partial charge in [-0.15, -0.1) is 0 Å². The maximum atomic E-state index is 3.58. The summed E-state index contributed by atoms with van der Waals surface area (Å²) in [5.41, 5.74) is 0.491. The van der Waals surface area contributed by atoms with E-state index < -0.39 is 0 Å². The smallest absolute Gasteiger partial charge is 0.00440 e. The van der Waals surface area contributed by atoms with Crippen LogP contribution >= 0.6 is 0 Å². The van der Waals surface area contributed by atoms with Gasteiger partial charge in [-0.25, -0.2) is 0 Å². The van der Waals surface area contributed by atoms with Crippen molar-refractivity contribution in [3.8, 4) is 0 Å². The van der Waals surface area contributed by atoms with Gasteiger partial charge in [0.1, 0.15) is 0 Å². The van der Waals surface area contributed by atoms with Crippen LogP contribution in [0.3, 0.4) is 0 Å². The zero-order valence-electron chi connectivity index (χ0n) is 9.15. The van der Waals surface area contributed by atoms with Crippen LogP contribution in [-0.2, 0) is 0 Å². The Kier molecular flexibility index (Phi) is 2.82. The molecule has 1 saturated heterocycles. The van der Waals surface area contributed by atoms with E-state index in [0.717, 1.165) is 5.92 Å². The third kappa shape index (κ3) is 2.48. The fraction of sp³-hybridized carbons (Fsp3) is 1.00. The highest BCUT2D eigenvalue weighted by molar-refractivity contribution is 4.86. The van der Waals surface area contributed by atoms with Gasteiger partial charge in [0.05, 0.1) is 0 Å². The average molecular weight is 169 g/mol. The van der Waals surface area contributed by atoms with Crippen molar-refractivity contribution in [3.05, 3.63) is 0 Å². The highest BCUT2D eigenvalue weighted by atomic mass is 15.0. The molecule has 1 aliphatic rings. The lowest BCUT2D eigenvalue weighted by molar-refractivity contribution is 0.141. The lowest BCUT2D eigenvalue weighted by Crippen LogP contribution is -2.45. The number of hydrogen-bond acceptors (Lipinski definition) is 1. The minimum atomic E-state index is 0.491. The number of piperidine rings is 1. The minimum Gasteiger partial charge on any atom is -0.312 e. The minimum absolute atomic E-state index is 0.491. The van der Waals surface area contributed by atoms with Gasteiger partial charge in [0, 0.05) is 12.1 Å². The Morgan fingerprint density at radius 1 is 1.00 bits per heavy atom. The molecular weight excluding hydrogens is 146 g/mol. The van der Waals surface area contributed by atoms with E-state index in [9.17, 15) is 0 Å². The summed E-state index contributed by atoms with van der Waals surface area (Å²) in [6, 6.07) is 1.41. The van der Waals surface area contributed by atoms with E-state index in [2.05, 4.69) is 39.9 Å². The van der Waals surface area contributed by atoms with E-state index in [1.54, 1.807) is 0 Å². The van der Waals surface area contributed by atoms with Gasteiger partial charge in [-0.3, -0.25) is 0 Å². The lowest BCUT2D eigenvalue weighted by Gasteiger charge is -2.40. The fourth-order valence-electron chi connectivity index (χ4n) is 2.28. The average Bonchev–Trinajstić information content (AvgIpc) is 1.82. The molecule has 3 atom stereocenters. The van der Waals surface area contributed by atoms with Crippen molar-refractivity contribution in [2.75, 3.05) is 0 Å². The molecule has 1 rings (SSSR count). The highest BCUT2D eigenvalue weighted by Gasteiger charge is 2.31. The van der Waals surface area contributed by atoms with Crippen molar-refractivity contribution in [3.63, 3.8) is 0 Å². The van der Waals surface area contributed by atoms with Crippen molar-refractivity contribution in [1.82, 2.24) is 5.32 Å². The molecule has 12 heavy (non-hydrogen) atoms. The predicted octanol–water partition coefficient (Wildman–Crippen LogP) is 2.81. The summed E-state index contributed by atoms with van der Waals surface area (Å²) in [6.07, 6.45) is 2.68. The van der Waals surface area contributed by atoms with Crippen molar-refractivity contribution in [2.24, 2.45) is 11.3 Å². The summed E-state index contributed by atoms with van der Waals surface area (Å²) < 4.78 is 0. The second-order valence-electron chi connectivity index (χ2n) is 5.50. The molecule has 1 heterocycles. The number of hydrogen-bond donors (Lipinski definition) is 1. The number of nitrogens with one attached hydrogen (secondary N) is 1. The van der Waals surface area contributed by atoms with Crippen LogP contribution in [0.1, 0.15) is 47.5 Å². The van der Waals surface area contributed by atoms with Crippen molar-refractivity contribution < 1.29 is 0 Å². The van der Waals surface area contributed by atoms with Crippen molar-refractivity contribution in [2.45, 2.75) is 59.5 Å². The van der Waals surface area contributed by atoms with Gasteiger partial charge in [0.2, 0.25) is 0 Å². The summed E-state index contributed by atoms with van der Waals surface area (Å²) in [5, 5.41) is 3.58. The Bertz CT molecular complexity index is 136. The van der Waals surface area contributed by atoms with Gasteiger partial charge in [-0.05, 0) is 38.0 Å². The maximum absolute atomic E-state index is 3.58. The van der Waals surface area contributed by atoms with Gasteiger partial charge < -0.3 is 5.32 Å². The monoisotopic (exact) mass is 169 g/mol. The van der Waals surface area contributed by atoms with Crippen molar-refractivity contribution >= 4 is 0 Å². The molecule has 0 aliphatic carbocycles. The van der Waals surface area contributed by atoms with Crippen LogP contribution in [0, 0.1) is 11.3 Å². The topological polar surface area (TPSA) is 12.0 Å². The summed E-state index contributed by atoms with van der Waals surface area (Å²) in [4.78, 5) is 0. The van der Waals surface area contributed by atoms with Crippen LogP contribution in [0.25, 0.3) is 0 Å². The first-order valence-electron chi connectivity index (χ1n) is 5.15. The standard InChI is InChI=1S/C11H23N/c1-8-6-10(11(3,4)5)7-9(2)12-8/h8-10,12H,6-7H2,1-5H3/t8-,9+,10?. The Morgan fingerprint density at radius 2 is 1.42 bits per heavy atom. The highest BCUT2D eigenvalue weighted by Crippen LogP contribution is 2.35. The molecule has 0 bridgehead atoms. The van der Waals surface area contributed by atoms with Gasteiger partial charge >= 0.3 is 0 Å². The third-order valence-electron chi connectivity index (χ3n) is 3.07. The summed E-state index contributed by atoms with van der Waals surface area (Å²) >= 11 is 0. The van der Waals surface area contributed by atoms with E-state index in [-0.39, 0.29) is 0 Å². The van der Waals surface area contributed by atoms with E-state index >= 15 is 0 Å². The molecule has 0 saturated carbocycles. The van der Waals surface area contributed by atoms with Gasteiger partial charge in [0.25, 0.3) is 0 Å². The Hall–Kier alpha value is -0.0400. The van der Waals surface area contributed by atoms with Gasteiger partial charge in [0.15, 0.2) is 0 Å². The van der Waals surface area contributed by atoms with E-state index in [1.807, 2.05) is 0 Å². The first kappa shape index (κ1) is 10.0. The third-order valence-corrected chi connectivity index (χ3v) is 3.07. The Morgan fingerprint density at radius 3 is 1.75 bits per heavy atom. The van der Waals surface area contributed by atoms with Gasteiger partial charge in [-0.1, -0.05) is 20.8 Å². The molecule has 0 aromatic carbocycles. The van der Waals surface area contributed by atoms with Crippen LogP contribution in [0.2, 0.25) is 0 Å². The Balaban J connectivity index is 2.55. The van der Waals surface area contributed by atoms with E-state index in [0.29, 0.717) is 17.5 Å². The molecule has 1 fully saturated rings. The zero-order chi connectivity index (χ0) is 9.35. The molecule has 1 N–H and O–H groups in total. The second-order valence-corrected chi connectivity index (χ2v) is 5.50. The molecular formula is C11H23N. The van der Waals surface area contributed by atoms with Gasteiger partial charge in [-0.2, -0.15) is 0 Å². The molecule has 1 heteroatoms. The molecule has 1 nitrogen and oxygen atoms in total. The SMILES string of the molecule is C[C@@H]1CC(C(C)(C)C)C[C@H](C)N1. The molecule has 0 radical (unpaired) electrons. The lowest BCUT2D eigenvalue weighted by atomic mass is 9.72. The first-order valence-corrected chi connectivity index (χ1v) is 5.15. The van der Waals surface area contributed by atoms with Crippen LogP contribution < -0.4 is 5.32 Å². The summed E-state index contributed by atoms with van der Waals surface area (Å²) in [5.74, 6) is 0.892. The zero-order valence-corrected chi connectivity index (χ0v) is 9.15. The molecule has 1 unspecified atom stereocenters. The molecule has 0 spiro atoms. The largest absolute Gasteiger partial charge is 0.312 e. The summed E-state index contributed by atoms with van der Waals surface area (Å²) in [6.45, 7) is 11.7. The maximum Gasteiger partial charge on any atom is 0.00440 e. The van der Waals surface area contributed by atoms with Crippen molar-refractivity contribution in [1.29, 1.82) is 0 Å². The molecule has 0 amide bonds. The fourth-order valence-corrected chi connectivity index (χ4v) is 2.28. The first-order chi connectivity index (χ1) is 5.39. The molecule has 0 aromatic heterocycles.